The summed E-state index contributed by atoms with van der Waals surface area (Å²) < 4.78 is 7.35. The van der Waals surface area contributed by atoms with Crippen molar-refractivity contribution in [2.24, 2.45) is 0 Å². The molecule has 0 aliphatic heterocycles. The minimum absolute atomic E-state index is 0.0445. The predicted octanol–water partition coefficient (Wildman–Crippen LogP) is 4.17. The fourth-order valence-electron chi connectivity index (χ4n) is 2.94. The first-order valence-corrected chi connectivity index (χ1v) is 9.93. The molecular weight excluding hydrogens is 372 g/mol. The number of allylic oxidation sites excluding steroid dienone is 1. The van der Waals surface area contributed by atoms with Crippen LogP contribution in [0.5, 0.6) is 0 Å². The van der Waals surface area contributed by atoms with Crippen molar-refractivity contribution < 1.29 is 9.21 Å². The number of amides is 1. The van der Waals surface area contributed by atoms with Gasteiger partial charge in [-0.15, -0.1) is 16.8 Å². The molecule has 2 aromatic heterocycles. The molecule has 0 saturated carbocycles. The molecule has 2 heterocycles. The normalized spacial score (nSPS) is 12.0. The fraction of sp³-hybridized carbons (Fsp3) is 0.286. The van der Waals surface area contributed by atoms with E-state index in [9.17, 15) is 4.79 Å². The first-order chi connectivity index (χ1) is 13.5. The van der Waals surface area contributed by atoms with Gasteiger partial charge in [0, 0.05) is 20.1 Å². The Bertz CT molecular complexity index is 948. The number of rotatable bonds is 8. The molecule has 28 heavy (non-hydrogen) atoms. The molecule has 1 aromatic carbocycles. The quantitative estimate of drug-likeness (QED) is 0.422. The largest absolute Gasteiger partial charge is 0.469 e. The molecule has 0 N–H and O–H groups in total. The van der Waals surface area contributed by atoms with Gasteiger partial charge < -0.3 is 9.32 Å². The summed E-state index contributed by atoms with van der Waals surface area (Å²) in [4.78, 5) is 14.6. The Labute approximate surface area is 169 Å². The van der Waals surface area contributed by atoms with E-state index in [1.807, 2.05) is 61.9 Å². The van der Waals surface area contributed by atoms with Crippen molar-refractivity contribution in [3.8, 4) is 11.4 Å². The zero-order chi connectivity index (χ0) is 20.1. The van der Waals surface area contributed by atoms with E-state index in [-0.39, 0.29) is 11.2 Å². The van der Waals surface area contributed by atoms with Crippen molar-refractivity contribution in [3.05, 3.63) is 66.6 Å². The Hall–Kier alpha value is -2.80. The van der Waals surface area contributed by atoms with Crippen LogP contribution in [0.1, 0.15) is 18.2 Å². The molecular formula is C21H24N4O2S. The first kappa shape index (κ1) is 19.9. The molecule has 0 aliphatic carbocycles. The highest BCUT2D eigenvalue weighted by Crippen LogP contribution is 2.29. The maximum Gasteiger partial charge on any atom is 0.235 e. The van der Waals surface area contributed by atoms with Gasteiger partial charge in [0.15, 0.2) is 11.0 Å². The van der Waals surface area contributed by atoms with E-state index in [1.165, 1.54) is 11.8 Å². The zero-order valence-corrected chi connectivity index (χ0v) is 17.1. The third-order valence-corrected chi connectivity index (χ3v) is 5.47. The van der Waals surface area contributed by atoms with Gasteiger partial charge in [0.25, 0.3) is 0 Å². The summed E-state index contributed by atoms with van der Waals surface area (Å²) in [6.07, 6.45) is 3.43. The highest BCUT2D eigenvalue weighted by molar-refractivity contribution is 8.00. The number of benzene rings is 1. The highest BCUT2D eigenvalue weighted by Gasteiger charge is 2.23. The van der Waals surface area contributed by atoms with Gasteiger partial charge in [-0.05, 0) is 25.5 Å². The van der Waals surface area contributed by atoms with Crippen LogP contribution in [0.3, 0.4) is 0 Å². The molecule has 6 nitrogen and oxygen atoms in total. The second-order valence-corrected chi connectivity index (χ2v) is 7.84. The highest BCUT2D eigenvalue weighted by atomic mass is 32.2. The van der Waals surface area contributed by atoms with Crippen LogP contribution in [-0.2, 0) is 17.9 Å². The van der Waals surface area contributed by atoms with Crippen molar-refractivity contribution in [1.82, 2.24) is 19.7 Å². The van der Waals surface area contributed by atoms with Crippen molar-refractivity contribution >= 4 is 17.7 Å². The van der Waals surface area contributed by atoms with Crippen LogP contribution in [0.25, 0.3) is 11.4 Å². The second-order valence-electron chi connectivity index (χ2n) is 6.54. The monoisotopic (exact) mass is 396 g/mol. The number of thioether (sulfide) groups is 1. The lowest BCUT2D eigenvalue weighted by Gasteiger charge is -2.21. The van der Waals surface area contributed by atoms with E-state index in [1.54, 1.807) is 17.2 Å². The molecule has 3 rings (SSSR count). The molecule has 0 saturated heterocycles. The van der Waals surface area contributed by atoms with Gasteiger partial charge in [0.05, 0.1) is 17.1 Å². The number of furan rings is 1. The molecule has 0 bridgehead atoms. The Morgan fingerprint density at radius 3 is 2.71 bits per heavy atom. The van der Waals surface area contributed by atoms with E-state index in [0.29, 0.717) is 24.1 Å². The Morgan fingerprint density at radius 1 is 1.32 bits per heavy atom. The van der Waals surface area contributed by atoms with Gasteiger partial charge in [-0.25, -0.2) is 0 Å². The van der Waals surface area contributed by atoms with Gasteiger partial charge in [0.2, 0.25) is 5.91 Å². The number of hydrogen-bond donors (Lipinski definition) is 0. The summed E-state index contributed by atoms with van der Waals surface area (Å²) in [6, 6.07) is 11.8. The van der Waals surface area contributed by atoms with E-state index in [4.69, 9.17) is 4.42 Å². The van der Waals surface area contributed by atoms with Crippen LogP contribution >= 0.6 is 11.8 Å². The molecule has 1 unspecified atom stereocenters. The van der Waals surface area contributed by atoms with Crippen molar-refractivity contribution in [2.75, 3.05) is 7.05 Å². The Balaban J connectivity index is 1.75. The number of hydrogen-bond acceptors (Lipinski definition) is 5. The van der Waals surface area contributed by atoms with Crippen molar-refractivity contribution in [2.45, 2.75) is 37.3 Å². The molecule has 0 radical (unpaired) electrons. The third kappa shape index (κ3) is 4.36. The van der Waals surface area contributed by atoms with Crippen LogP contribution in [-0.4, -0.2) is 37.9 Å². The molecule has 0 fully saturated rings. The van der Waals surface area contributed by atoms with Gasteiger partial charge in [-0.2, -0.15) is 0 Å². The summed E-state index contributed by atoms with van der Waals surface area (Å²) in [7, 11) is 1.82. The van der Waals surface area contributed by atoms with E-state index in [0.717, 1.165) is 16.9 Å². The minimum atomic E-state index is -0.292. The third-order valence-electron chi connectivity index (χ3n) is 4.40. The van der Waals surface area contributed by atoms with Crippen LogP contribution < -0.4 is 0 Å². The van der Waals surface area contributed by atoms with E-state index >= 15 is 0 Å². The summed E-state index contributed by atoms with van der Waals surface area (Å²) in [5.74, 6) is 1.54. The lowest BCUT2D eigenvalue weighted by molar-refractivity contribution is -0.129. The lowest BCUT2D eigenvalue weighted by atomic mass is 10.2. The zero-order valence-electron chi connectivity index (χ0n) is 16.3. The number of aryl methyl sites for hydroxylation is 1. The number of nitrogens with zero attached hydrogens (tertiary/aromatic N) is 4. The molecule has 7 heteroatoms. The Morgan fingerprint density at radius 2 is 2.07 bits per heavy atom. The predicted molar refractivity (Wildman–Crippen MR) is 111 cm³/mol. The van der Waals surface area contributed by atoms with Crippen molar-refractivity contribution in [1.29, 1.82) is 0 Å². The molecule has 0 spiro atoms. The molecule has 3 aromatic rings. The van der Waals surface area contributed by atoms with Crippen LogP contribution in [0.4, 0.5) is 0 Å². The summed E-state index contributed by atoms with van der Waals surface area (Å²) in [5, 5.41) is 9.03. The fourth-order valence-corrected chi connectivity index (χ4v) is 3.91. The average molecular weight is 397 g/mol. The van der Waals surface area contributed by atoms with Crippen LogP contribution in [0.2, 0.25) is 0 Å². The lowest BCUT2D eigenvalue weighted by Crippen LogP contribution is -2.33. The first-order valence-electron chi connectivity index (χ1n) is 9.05. The van der Waals surface area contributed by atoms with Gasteiger partial charge in [-0.1, -0.05) is 48.2 Å². The second kappa shape index (κ2) is 8.93. The summed E-state index contributed by atoms with van der Waals surface area (Å²) >= 11 is 1.40. The smallest absolute Gasteiger partial charge is 0.235 e. The summed E-state index contributed by atoms with van der Waals surface area (Å²) in [6.45, 7) is 8.73. The number of aromatic nitrogens is 3. The SMILES string of the molecule is C=CCn1c(SC(C)C(=O)N(C)Cc2ccccc2)nnc1-c1ccoc1C. The number of carbonyl (C=O) groups excluding carboxylic acids is 1. The van der Waals surface area contributed by atoms with Crippen LogP contribution in [0, 0.1) is 6.92 Å². The van der Waals surface area contributed by atoms with Crippen LogP contribution in [0.15, 0.2) is 64.9 Å². The molecule has 1 amide bonds. The maximum absolute atomic E-state index is 12.8. The van der Waals surface area contributed by atoms with E-state index < -0.39 is 0 Å². The standard InChI is InChI=1S/C21H24N4O2S/c1-5-12-25-19(18-11-13-27-15(18)2)22-23-21(25)28-16(3)20(26)24(4)14-17-9-7-6-8-10-17/h5-11,13,16H,1,12,14H2,2-4H3. The topological polar surface area (TPSA) is 64.2 Å². The number of carbonyl (C=O) groups is 1. The van der Waals surface area contributed by atoms with Gasteiger partial charge >= 0.3 is 0 Å². The maximum atomic E-state index is 12.8. The Kier molecular flexibility index (Phi) is 6.36. The molecule has 146 valence electrons. The summed E-state index contributed by atoms with van der Waals surface area (Å²) in [5.41, 5.74) is 1.99. The molecule has 0 aliphatic rings. The average Bonchev–Trinajstić information content (AvgIpc) is 3.28. The van der Waals surface area contributed by atoms with Crippen molar-refractivity contribution in [3.63, 3.8) is 0 Å². The molecule has 1 atom stereocenters. The van der Waals surface area contributed by atoms with Gasteiger partial charge in [-0.3, -0.25) is 9.36 Å². The van der Waals surface area contributed by atoms with E-state index in [2.05, 4.69) is 16.8 Å². The van der Waals surface area contributed by atoms with Gasteiger partial charge in [0.1, 0.15) is 5.76 Å². The minimum Gasteiger partial charge on any atom is -0.469 e.